The quantitative estimate of drug-likeness (QED) is 0.767. The van der Waals surface area contributed by atoms with Crippen LogP contribution in [0.5, 0.6) is 0 Å². The summed E-state index contributed by atoms with van der Waals surface area (Å²) in [6, 6.07) is 12.0. The number of nitrogens with zero attached hydrogens (tertiary/aromatic N) is 1. The topological polar surface area (TPSA) is 25.2 Å². The van der Waals surface area contributed by atoms with Gasteiger partial charge < -0.3 is 9.67 Å². The van der Waals surface area contributed by atoms with E-state index in [1.807, 2.05) is 53.4 Å². The van der Waals surface area contributed by atoms with Gasteiger partial charge in [0.25, 0.3) is 0 Å². The minimum Gasteiger partial charge on any atom is -0.389 e. The fourth-order valence-corrected chi connectivity index (χ4v) is 1.42. The molecular formula is C12H13NO. The van der Waals surface area contributed by atoms with Crippen LogP contribution in [0.3, 0.4) is 0 Å². The Bertz CT molecular complexity index is 403. The van der Waals surface area contributed by atoms with Crippen molar-refractivity contribution in [2.45, 2.75) is 13.0 Å². The van der Waals surface area contributed by atoms with Gasteiger partial charge in [-0.05, 0) is 30.7 Å². The normalized spacial score (nSPS) is 12.7. The first-order chi connectivity index (χ1) is 6.77. The lowest BCUT2D eigenvalue weighted by atomic mass is 10.2. The number of hydrogen-bond acceptors (Lipinski definition) is 1. The van der Waals surface area contributed by atoms with E-state index in [2.05, 4.69) is 0 Å². The number of aromatic nitrogens is 1. The van der Waals surface area contributed by atoms with Crippen LogP contribution in [0.2, 0.25) is 0 Å². The molecule has 1 unspecified atom stereocenters. The SMILES string of the molecule is CC(O)c1ccn(-c2ccccc2)c1. The highest BCUT2D eigenvalue weighted by atomic mass is 16.3. The van der Waals surface area contributed by atoms with Gasteiger partial charge in [0.15, 0.2) is 0 Å². The van der Waals surface area contributed by atoms with Crippen molar-refractivity contribution in [2.24, 2.45) is 0 Å². The van der Waals surface area contributed by atoms with Crippen molar-refractivity contribution in [3.63, 3.8) is 0 Å². The Labute approximate surface area is 83.4 Å². The number of benzene rings is 1. The van der Waals surface area contributed by atoms with Gasteiger partial charge >= 0.3 is 0 Å². The second-order valence-corrected chi connectivity index (χ2v) is 3.36. The molecule has 2 rings (SSSR count). The molecule has 1 aromatic heterocycles. The second kappa shape index (κ2) is 3.68. The molecule has 0 aliphatic heterocycles. The lowest BCUT2D eigenvalue weighted by molar-refractivity contribution is 0.199. The summed E-state index contributed by atoms with van der Waals surface area (Å²) in [6.45, 7) is 1.77. The standard InChI is InChI=1S/C12H13NO/c1-10(14)11-7-8-13(9-11)12-5-3-2-4-6-12/h2-10,14H,1H3. The fraction of sp³-hybridized carbons (Fsp3) is 0.167. The molecule has 2 heteroatoms. The summed E-state index contributed by atoms with van der Waals surface area (Å²) in [4.78, 5) is 0. The first-order valence-electron chi connectivity index (χ1n) is 4.69. The third-order valence-electron chi connectivity index (χ3n) is 2.25. The van der Waals surface area contributed by atoms with Crippen LogP contribution in [0.4, 0.5) is 0 Å². The predicted molar refractivity (Wildman–Crippen MR) is 56.4 cm³/mol. The van der Waals surface area contributed by atoms with Gasteiger partial charge in [-0.3, -0.25) is 0 Å². The van der Waals surface area contributed by atoms with Gasteiger partial charge in [0, 0.05) is 18.1 Å². The van der Waals surface area contributed by atoms with Crippen LogP contribution in [-0.4, -0.2) is 9.67 Å². The summed E-state index contributed by atoms with van der Waals surface area (Å²) in [7, 11) is 0. The molecule has 1 heterocycles. The molecule has 0 bridgehead atoms. The Hall–Kier alpha value is -1.54. The number of aliphatic hydroxyl groups excluding tert-OH is 1. The van der Waals surface area contributed by atoms with E-state index in [-0.39, 0.29) is 0 Å². The van der Waals surface area contributed by atoms with Crippen LogP contribution >= 0.6 is 0 Å². The first kappa shape index (κ1) is 9.03. The van der Waals surface area contributed by atoms with Crippen LogP contribution in [0.15, 0.2) is 48.8 Å². The zero-order chi connectivity index (χ0) is 9.97. The monoisotopic (exact) mass is 187 g/mol. The minimum absolute atomic E-state index is 0.403. The zero-order valence-electron chi connectivity index (χ0n) is 8.09. The zero-order valence-corrected chi connectivity index (χ0v) is 8.09. The van der Waals surface area contributed by atoms with E-state index < -0.39 is 6.10 Å². The lowest BCUT2D eigenvalue weighted by Gasteiger charge is -2.02. The van der Waals surface area contributed by atoms with Gasteiger partial charge in [-0.15, -0.1) is 0 Å². The van der Waals surface area contributed by atoms with Crippen molar-refractivity contribution in [3.8, 4) is 5.69 Å². The molecule has 0 aliphatic carbocycles. The molecule has 0 radical (unpaired) electrons. The molecule has 0 saturated carbocycles. The van der Waals surface area contributed by atoms with E-state index in [9.17, 15) is 5.11 Å². The molecule has 72 valence electrons. The molecule has 1 aromatic carbocycles. The largest absolute Gasteiger partial charge is 0.389 e. The molecular weight excluding hydrogens is 174 g/mol. The van der Waals surface area contributed by atoms with E-state index in [4.69, 9.17) is 0 Å². The van der Waals surface area contributed by atoms with Crippen LogP contribution in [0.1, 0.15) is 18.6 Å². The molecule has 0 spiro atoms. The third-order valence-corrected chi connectivity index (χ3v) is 2.25. The maximum absolute atomic E-state index is 9.37. The lowest BCUT2D eigenvalue weighted by Crippen LogP contribution is -1.90. The summed E-state index contributed by atoms with van der Waals surface area (Å²) in [6.07, 6.45) is 3.50. The molecule has 0 fully saturated rings. The van der Waals surface area contributed by atoms with Gasteiger partial charge in [0.05, 0.1) is 6.10 Å². The third kappa shape index (κ3) is 1.70. The van der Waals surface area contributed by atoms with Crippen molar-refractivity contribution >= 4 is 0 Å². The average molecular weight is 187 g/mol. The van der Waals surface area contributed by atoms with Crippen LogP contribution < -0.4 is 0 Å². The summed E-state index contributed by atoms with van der Waals surface area (Å²) in [5, 5.41) is 9.37. The van der Waals surface area contributed by atoms with Gasteiger partial charge in [-0.25, -0.2) is 0 Å². The average Bonchev–Trinajstić information content (AvgIpc) is 2.68. The summed E-state index contributed by atoms with van der Waals surface area (Å²) >= 11 is 0. The first-order valence-corrected chi connectivity index (χ1v) is 4.69. The Kier molecular flexibility index (Phi) is 2.37. The summed E-state index contributed by atoms with van der Waals surface area (Å²) in [5.41, 5.74) is 2.05. The number of para-hydroxylation sites is 1. The maximum Gasteiger partial charge on any atom is 0.0776 e. The number of rotatable bonds is 2. The van der Waals surface area contributed by atoms with Crippen molar-refractivity contribution in [1.82, 2.24) is 4.57 Å². The molecule has 1 atom stereocenters. The molecule has 2 nitrogen and oxygen atoms in total. The smallest absolute Gasteiger partial charge is 0.0776 e. The summed E-state index contributed by atoms with van der Waals surface area (Å²) in [5.74, 6) is 0. The maximum atomic E-state index is 9.37. The molecule has 14 heavy (non-hydrogen) atoms. The van der Waals surface area contributed by atoms with E-state index in [0.29, 0.717) is 0 Å². The Morgan fingerprint density at radius 1 is 1.14 bits per heavy atom. The molecule has 0 amide bonds. The van der Waals surface area contributed by atoms with E-state index in [0.717, 1.165) is 11.3 Å². The highest BCUT2D eigenvalue weighted by Crippen LogP contribution is 2.15. The predicted octanol–water partition coefficient (Wildman–Crippen LogP) is 2.53. The van der Waals surface area contributed by atoms with Gasteiger partial charge in [-0.1, -0.05) is 18.2 Å². The fourth-order valence-electron chi connectivity index (χ4n) is 1.42. The molecule has 0 aliphatic rings. The van der Waals surface area contributed by atoms with Crippen LogP contribution in [0, 0.1) is 0 Å². The van der Waals surface area contributed by atoms with Gasteiger partial charge in [0.2, 0.25) is 0 Å². The van der Waals surface area contributed by atoms with Gasteiger partial charge in [-0.2, -0.15) is 0 Å². The number of aliphatic hydroxyl groups is 1. The van der Waals surface area contributed by atoms with Crippen molar-refractivity contribution < 1.29 is 5.11 Å². The van der Waals surface area contributed by atoms with E-state index in [1.165, 1.54) is 0 Å². The van der Waals surface area contributed by atoms with E-state index in [1.54, 1.807) is 6.92 Å². The Morgan fingerprint density at radius 2 is 1.86 bits per heavy atom. The second-order valence-electron chi connectivity index (χ2n) is 3.36. The van der Waals surface area contributed by atoms with Crippen molar-refractivity contribution in [1.29, 1.82) is 0 Å². The van der Waals surface area contributed by atoms with Crippen molar-refractivity contribution in [3.05, 3.63) is 54.4 Å². The summed E-state index contributed by atoms with van der Waals surface area (Å²) < 4.78 is 2.00. The number of hydrogen-bond donors (Lipinski definition) is 1. The highest BCUT2D eigenvalue weighted by Gasteiger charge is 2.02. The van der Waals surface area contributed by atoms with Crippen LogP contribution in [-0.2, 0) is 0 Å². The van der Waals surface area contributed by atoms with Crippen LogP contribution in [0.25, 0.3) is 5.69 Å². The van der Waals surface area contributed by atoms with E-state index >= 15 is 0 Å². The Morgan fingerprint density at radius 3 is 2.43 bits per heavy atom. The molecule has 0 saturated heterocycles. The molecule has 2 aromatic rings. The highest BCUT2D eigenvalue weighted by molar-refractivity contribution is 5.33. The molecule has 1 N–H and O–H groups in total. The van der Waals surface area contributed by atoms with Crippen molar-refractivity contribution in [2.75, 3.05) is 0 Å². The minimum atomic E-state index is -0.403. The Balaban J connectivity index is 2.34. The van der Waals surface area contributed by atoms with Gasteiger partial charge in [0.1, 0.15) is 0 Å².